The number of nitrogens with zero attached hydrogens (tertiary/aromatic N) is 3. The molecule has 24 heavy (non-hydrogen) atoms. The van der Waals surface area contributed by atoms with E-state index in [1.807, 2.05) is 0 Å². The number of hydrogen-bond acceptors (Lipinski definition) is 3. The van der Waals surface area contributed by atoms with E-state index < -0.39 is 23.0 Å². The molecule has 8 nitrogen and oxygen atoms in total. The Morgan fingerprint density at radius 3 is 2.67 bits per heavy atom. The van der Waals surface area contributed by atoms with Gasteiger partial charge in [0.05, 0.1) is 5.69 Å². The molecule has 0 spiro atoms. The van der Waals surface area contributed by atoms with Crippen LogP contribution in [-0.4, -0.2) is 20.0 Å². The minimum atomic E-state index is -0.548. The average molecular weight is 332 g/mol. The second-order valence-corrected chi connectivity index (χ2v) is 5.33. The second-order valence-electron chi connectivity index (χ2n) is 5.33. The van der Waals surface area contributed by atoms with Crippen LogP contribution in [0.4, 0.5) is 10.1 Å². The van der Waals surface area contributed by atoms with Crippen LogP contribution in [0.5, 0.6) is 0 Å². The number of rotatable bonds is 3. The Morgan fingerprint density at radius 1 is 1.25 bits per heavy atom. The van der Waals surface area contributed by atoms with Crippen LogP contribution < -0.4 is 21.1 Å². The molecule has 2 aromatic heterocycles. The Morgan fingerprint density at radius 2 is 1.96 bits per heavy atom. The predicted octanol–water partition coefficient (Wildman–Crippen LogP) is -0.369. The Kier molecular flexibility index (Phi) is 3.76. The van der Waals surface area contributed by atoms with Crippen molar-refractivity contribution < 1.29 is 13.8 Å². The van der Waals surface area contributed by atoms with Crippen LogP contribution in [0.3, 0.4) is 0 Å². The van der Waals surface area contributed by atoms with E-state index in [0.29, 0.717) is 5.65 Å². The van der Waals surface area contributed by atoms with Gasteiger partial charge in [-0.2, -0.15) is 0 Å². The van der Waals surface area contributed by atoms with E-state index in [2.05, 4.69) is 10.3 Å². The summed E-state index contributed by atoms with van der Waals surface area (Å²) in [6.45, 7) is -0.207. The molecule has 3 rings (SSSR count). The lowest BCUT2D eigenvalue weighted by molar-refractivity contribution is -0.658. The highest BCUT2D eigenvalue weighted by molar-refractivity contribution is 5.90. The highest BCUT2D eigenvalue weighted by Crippen LogP contribution is 2.12. The number of fused-ring (bicyclic) bond motifs is 1. The number of para-hydroxylation sites is 1. The summed E-state index contributed by atoms with van der Waals surface area (Å²) in [5.74, 6) is -1.05. The fourth-order valence-electron chi connectivity index (χ4n) is 2.49. The number of aromatic nitrogens is 4. The number of halogens is 1. The fourth-order valence-corrected chi connectivity index (χ4v) is 2.49. The third-order valence-corrected chi connectivity index (χ3v) is 3.75. The number of anilines is 1. The standard InChI is InChI=1S/C15H14FN5O3/c1-19-13-12(14(23)20(2)15(19)24)21(8-17-13)7-11(22)18-10-6-4-3-5-9(10)16/h3-6,8H,7H2,1-2H3,(H,18,22)/p+1. The summed E-state index contributed by atoms with van der Waals surface area (Å²) in [6.07, 6.45) is 1.42. The van der Waals surface area contributed by atoms with Crippen molar-refractivity contribution in [3.05, 3.63) is 57.2 Å². The van der Waals surface area contributed by atoms with Gasteiger partial charge >= 0.3 is 11.2 Å². The Labute approximate surface area is 134 Å². The second kappa shape index (κ2) is 5.76. The molecule has 0 aliphatic rings. The zero-order valence-corrected chi connectivity index (χ0v) is 13.0. The van der Waals surface area contributed by atoms with Gasteiger partial charge in [-0.3, -0.25) is 18.7 Å². The summed E-state index contributed by atoms with van der Waals surface area (Å²) < 4.78 is 17.2. The van der Waals surface area contributed by atoms with Crippen molar-refractivity contribution in [2.75, 3.05) is 5.32 Å². The molecular weight excluding hydrogens is 317 g/mol. The molecule has 0 saturated carbocycles. The first kappa shape index (κ1) is 15.7. The maximum atomic E-state index is 13.6. The minimum absolute atomic E-state index is 0.0586. The van der Waals surface area contributed by atoms with Gasteiger partial charge in [-0.15, -0.1) is 0 Å². The molecule has 9 heteroatoms. The fraction of sp³-hybridized carbons (Fsp3) is 0.200. The smallest absolute Gasteiger partial charge is 0.320 e. The lowest BCUT2D eigenvalue weighted by atomic mass is 10.3. The molecule has 1 amide bonds. The average Bonchev–Trinajstić information content (AvgIpc) is 2.96. The molecule has 0 unspecified atom stereocenters. The van der Waals surface area contributed by atoms with Crippen molar-refractivity contribution in [3.8, 4) is 0 Å². The lowest BCUT2D eigenvalue weighted by Crippen LogP contribution is -2.46. The molecule has 2 heterocycles. The molecule has 0 aliphatic heterocycles. The van der Waals surface area contributed by atoms with Gasteiger partial charge in [-0.05, 0) is 12.1 Å². The van der Waals surface area contributed by atoms with Gasteiger partial charge in [0.1, 0.15) is 5.82 Å². The van der Waals surface area contributed by atoms with Crippen LogP contribution in [0.15, 0.2) is 40.2 Å². The Balaban J connectivity index is 1.97. The molecule has 0 radical (unpaired) electrons. The number of nitrogens with one attached hydrogen (secondary N) is 2. The largest absolute Gasteiger partial charge is 0.333 e. The number of hydrogen-bond donors (Lipinski definition) is 2. The van der Waals surface area contributed by atoms with Crippen molar-refractivity contribution in [3.63, 3.8) is 0 Å². The van der Waals surface area contributed by atoms with Crippen molar-refractivity contribution in [1.82, 2.24) is 14.1 Å². The van der Waals surface area contributed by atoms with Crippen LogP contribution in [-0.2, 0) is 25.4 Å². The first-order valence-corrected chi connectivity index (χ1v) is 7.11. The maximum Gasteiger partial charge on any atom is 0.333 e. The molecule has 2 N–H and O–H groups in total. The minimum Gasteiger partial charge on any atom is -0.320 e. The summed E-state index contributed by atoms with van der Waals surface area (Å²) in [5.41, 5.74) is -0.446. The van der Waals surface area contributed by atoms with E-state index in [1.54, 1.807) is 6.07 Å². The first-order valence-electron chi connectivity index (χ1n) is 7.11. The van der Waals surface area contributed by atoms with Crippen LogP contribution in [0.1, 0.15) is 0 Å². The van der Waals surface area contributed by atoms with Crippen molar-refractivity contribution >= 4 is 22.8 Å². The topological polar surface area (TPSA) is 92.8 Å². The van der Waals surface area contributed by atoms with E-state index in [1.165, 1.54) is 47.8 Å². The summed E-state index contributed by atoms with van der Waals surface area (Å²) in [7, 11) is 2.88. The van der Waals surface area contributed by atoms with E-state index >= 15 is 0 Å². The summed E-state index contributed by atoms with van der Waals surface area (Å²) >= 11 is 0. The Bertz CT molecular complexity index is 1060. The highest BCUT2D eigenvalue weighted by atomic mass is 19.1. The highest BCUT2D eigenvalue weighted by Gasteiger charge is 2.22. The number of carbonyl (C=O) groups excluding carboxylic acids is 1. The van der Waals surface area contributed by atoms with Gasteiger partial charge in [0.15, 0.2) is 6.54 Å². The third-order valence-electron chi connectivity index (χ3n) is 3.75. The van der Waals surface area contributed by atoms with Gasteiger partial charge in [0.25, 0.3) is 17.1 Å². The summed E-state index contributed by atoms with van der Waals surface area (Å²) in [5, 5.41) is 2.45. The van der Waals surface area contributed by atoms with Gasteiger partial charge in [0, 0.05) is 14.1 Å². The van der Waals surface area contributed by atoms with Crippen molar-refractivity contribution in [1.29, 1.82) is 0 Å². The molecule has 0 atom stereocenters. The van der Waals surface area contributed by atoms with Crippen LogP contribution >= 0.6 is 0 Å². The quantitative estimate of drug-likeness (QED) is 0.641. The van der Waals surface area contributed by atoms with Crippen molar-refractivity contribution in [2.24, 2.45) is 14.1 Å². The van der Waals surface area contributed by atoms with Gasteiger partial charge in [-0.25, -0.2) is 18.7 Å². The number of amides is 1. The molecule has 1 aromatic carbocycles. The normalized spacial score (nSPS) is 11.0. The summed E-state index contributed by atoms with van der Waals surface area (Å²) in [6, 6.07) is 5.79. The zero-order valence-electron chi connectivity index (χ0n) is 13.0. The number of H-pyrrole nitrogens is 1. The predicted molar refractivity (Wildman–Crippen MR) is 84.0 cm³/mol. The summed E-state index contributed by atoms with van der Waals surface area (Å²) in [4.78, 5) is 39.1. The number of carbonyl (C=O) groups is 1. The number of aryl methyl sites for hydroxylation is 1. The van der Waals surface area contributed by atoms with E-state index in [9.17, 15) is 18.8 Å². The number of aromatic amines is 1. The van der Waals surface area contributed by atoms with Crippen LogP contribution in [0.25, 0.3) is 11.2 Å². The van der Waals surface area contributed by atoms with Gasteiger partial charge < -0.3 is 5.32 Å². The zero-order chi connectivity index (χ0) is 17.4. The number of imidazole rings is 1. The van der Waals surface area contributed by atoms with Crippen LogP contribution in [0.2, 0.25) is 0 Å². The van der Waals surface area contributed by atoms with Crippen molar-refractivity contribution in [2.45, 2.75) is 6.54 Å². The van der Waals surface area contributed by atoms with Crippen LogP contribution in [0, 0.1) is 5.82 Å². The van der Waals surface area contributed by atoms with Gasteiger partial charge in [0.2, 0.25) is 6.33 Å². The Hall–Kier alpha value is -3.23. The first-order chi connectivity index (χ1) is 11.4. The van der Waals surface area contributed by atoms with E-state index in [-0.39, 0.29) is 17.7 Å². The van der Waals surface area contributed by atoms with E-state index in [0.717, 1.165) is 4.57 Å². The monoisotopic (exact) mass is 332 g/mol. The number of benzene rings is 1. The molecule has 0 bridgehead atoms. The molecule has 0 aliphatic carbocycles. The molecule has 0 saturated heterocycles. The SMILES string of the molecule is Cn1c(=O)c2c([nH]c[n+]2CC(=O)Nc2ccccc2F)n(C)c1=O. The van der Waals surface area contributed by atoms with E-state index in [4.69, 9.17) is 0 Å². The maximum absolute atomic E-state index is 13.6. The van der Waals surface area contributed by atoms with Gasteiger partial charge in [-0.1, -0.05) is 12.1 Å². The molecule has 3 aromatic rings. The molecule has 124 valence electrons. The lowest BCUT2D eigenvalue weighted by Gasteiger charge is -2.05. The third kappa shape index (κ3) is 2.49. The molecular formula is C15H15FN5O3+. The molecule has 0 fully saturated rings.